The molecule has 0 radical (unpaired) electrons. The molecule has 0 saturated heterocycles. The quantitative estimate of drug-likeness (QED) is 0.717. The van der Waals surface area contributed by atoms with E-state index in [-0.39, 0.29) is 0 Å². The molecule has 0 aromatic heterocycles. The summed E-state index contributed by atoms with van der Waals surface area (Å²) in [5.74, 6) is 0.805. The number of aliphatic hydroxyl groups is 1. The second-order valence-electron chi connectivity index (χ2n) is 3.65. The molecule has 1 aromatic carbocycles. The highest BCUT2D eigenvalue weighted by Gasteiger charge is 2.19. The smallest absolute Gasteiger partial charge is 0.128 e. The number of rotatable bonds is 0. The van der Waals surface area contributed by atoms with Crippen molar-refractivity contribution in [3.8, 4) is 5.75 Å². The third-order valence-corrected chi connectivity index (χ3v) is 2.71. The molecule has 1 N–H and O–H groups in total. The standard InChI is InChI=1S/C11H13ClO2/c1-7-5-8(12)6-9-10(13)3-2-4-14-11(7)9/h5-6,10,13H,2-4H2,1H3/t10-/m0/s1. The summed E-state index contributed by atoms with van der Waals surface area (Å²) in [6.07, 6.45) is 1.18. The Labute approximate surface area is 88.5 Å². The predicted molar refractivity (Wildman–Crippen MR) is 55.9 cm³/mol. The highest BCUT2D eigenvalue weighted by Crippen LogP contribution is 2.36. The van der Waals surface area contributed by atoms with Crippen molar-refractivity contribution in [2.24, 2.45) is 0 Å². The van der Waals surface area contributed by atoms with Crippen molar-refractivity contribution < 1.29 is 9.84 Å². The van der Waals surface area contributed by atoms with Crippen LogP contribution in [-0.2, 0) is 0 Å². The first kappa shape index (κ1) is 9.81. The molecule has 3 heteroatoms. The van der Waals surface area contributed by atoms with Gasteiger partial charge < -0.3 is 9.84 Å². The van der Waals surface area contributed by atoms with Crippen LogP contribution in [-0.4, -0.2) is 11.7 Å². The van der Waals surface area contributed by atoms with E-state index in [1.807, 2.05) is 13.0 Å². The molecule has 0 aliphatic carbocycles. The van der Waals surface area contributed by atoms with E-state index < -0.39 is 6.10 Å². The van der Waals surface area contributed by atoms with Gasteiger partial charge in [0.1, 0.15) is 5.75 Å². The van der Waals surface area contributed by atoms with Crippen molar-refractivity contribution in [1.29, 1.82) is 0 Å². The Morgan fingerprint density at radius 3 is 3.07 bits per heavy atom. The number of benzene rings is 1. The van der Waals surface area contributed by atoms with Crippen LogP contribution in [0.4, 0.5) is 0 Å². The van der Waals surface area contributed by atoms with Gasteiger partial charge in [-0.15, -0.1) is 0 Å². The molecule has 1 heterocycles. The maximum Gasteiger partial charge on any atom is 0.128 e. The molecule has 14 heavy (non-hydrogen) atoms. The highest BCUT2D eigenvalue weighted by atomic mass is 35.5. The van der Waals surface area contributed by atoms with Crippen LogP contribution < -0.4 is 4.74 Å². The van der Waals surface area contributed by atoms with Gasteiger partial charge in [-0.25, -0.2) is 0 Å². The van der Waals surface area contributed by atoms with E-state index in [0.29, 0.717) is 11.6 Å². The maximum atomic E-state index is 9.85. The van der Waals surface area contributed by atoms with Crippen molar-refractivity contribution in [3.05, 3.63) is 28.3 Å². The average Bonchev–Trinajstić information content (AvgIpc) is 2.29. The molecule has 1 aliphatic rings. The SMILES string of the molecule is Cc1cc(Cl)cc2c1OCCC[C@@H]2O. The zero-order valence-corrected chi connectivity index (χ0v) is 8.84. The molecule has 0 unspecified atom stereocenters. The Morgan fingerprint density at radius 1 is 1.50 bits per heavy atom. The van der Waals surface area contributed by atoms with Crippen molar-refractivity contribution >= 4 is 11.6 Å². The van der Waals surface area contributed by atoms with Crippen LogP contribution in [0.5, 0.6) is 5.75 Å². The molecule has 0 spiro atoms. The van der Waals surface area contributed by atoms with Gasteiger partial charge in [0.2, 0.25) is 0 Å². The molecule has 1 aliphatic heterocycles. The summed E-state index contributed by atoms with van der Waals surface area (Å²) < 4.78 is 5.59. The van der Waals surface area contributed by atoms with E-state index in [4.69, 9.17) is 16.3 Å². The van der Waals surface area contributed by atoms with Crippen molar-refractivity contribution in [2.75, 3.05) is 6.61 Å². The van der Waals surface area contributed by atoms with Gasteiger partial charge in [0.25, 0.3) is 0 Å². The summed E-state index contributed by atoms with van der Waals surface area (Å²) in [6, 6.07) is 3.65. The Kier molecular flexibility index (Phi) is 2.66. The van der Waals surface area contributed by atoms with E-state index in [1.54, 1.807) is 6.07 Å². The third-order valence-electron chi connectivity index (χ3n) is 2.50. The minimum atomic E-state index is -0.440. The normalized spacial score (nSPS) is 20.9. The molecule has 76 valence electrons. The molecule has 0 fully saturated rings. The summed E-state index contributed by atoms with van der Waals surface area (Å²) in [5, 5.41) is 10.5. The second-order valence-corrected chi connectivity index (χ2v) is 4.08. The van der Waals surface area contributed by atoms with E-state index in [9.17, 15) is 5.11 Å². The minimum Gasteiger partial charge on any atom is -0.493 e. The first-order valence-electron chi connectivity index (χ1n) is 4.79. The van der Waals surface area contributed by atoms with Crippen LogP contribution >= 0.6 is 11.6 Å². The Bertz CT molecular complexity index is 349. The average molecular weight is 213 g/mol. The highest BCUT2D eigenvalue weighted by molar-refractivity contribution is 6.30. The summed E-state index contributed by atoms with van der Waals surface area (Å²) >= 11 is 5.93. The van der Waals surface area contributed by atoms with Crippen LogP contribution in [0.1, 0.15) is 30.1 Å². The summed E-state index contributed by atoms with van der Waals surface area (Å²) in [4.78, 5) is 0. The number of aryl methyl sites for hydroxylation is 1. The summed E-state index contributed by atoms with van der Waals surface area (Å²) in [7, 11) is 0. The molecule has 2 nitrogen and oxygen atoms in total. The van der Waals surface area contributed by atoms with Crippen molar-refractivity contribution in [1.82, 2.24) is 0 Å². The topological polar surface area (TPSA) is 29.5 Å². The van der Waals surface area contributed by atoms with Crippen LogP contribution in [0.25, 0.3) is 0 Å². The number of ether oxygens (including phenoxy) is 1. The van der Waals surface area contributed by atoms with Gasteiger partial charge in [0, 0.05) is 10.6 Å². The lowest BCUT2D eigenvalue weighted by molar-refractivity contribution is 0.167. The van der Waals surface area contributed by atoms with Gasteiger partial charge in [0.05, 0.1) is 12.7 Å². The van der Waals surface area contributed by atoms with Gasteiger partial charge in [-0.2, -0.15) is 0 Å². The second kappa shape index (κ2) is 3.79. The Balaban J connectivity index is 2.53. The van der Waals surface area contributed by atoms with Gasteiger partial charge in [-0.3, -0.25) is 0 Å². The zero-order chi connectivity index (χ0) is 10.1. The monoisotopic (exact) mass is 212 g/mol. The number of aliphatic hydroxyl groups excluding tert-OH is 1. The third kappa shape index (κ3) is 1.72. The zero-order valence-electron chi connectivity index (χ0n) is 8.09. The minimum absolute atomic E-state index is 0.440. The molecule has 2 rings (SSSR count). The van der Waals surface area contributed by atoms with Gasteiger partial charge in [-0.05, 0) is 37.5 Å². The molecule has 1 aromatic rings. The van der Waals surface area contributed by atoms with Crippen LogP contribution in [0, 0.1) is 6.92 Å². The Morgan fingerprint density at radius 2 is 2.29 bits per heavy atom. The Hall–Kier alpha value is -0.730. The molecule has 0 saturated carbocycles. The van der Waals surface area contributed by atoms with Crippen molar-refractivity contribution in [2.45, 2.75) is 25.9 Å². The number of halogens is 1. The van der Waals surface area contributed by atoms with Crippen LogP contribution in [0.15, 0.2) is 12.1 Å². The maximum absolute atomic E-state index is 9.85. The predicted octanol–water partition coefficient (Wildman–Crippen LogP) is 2.85. The number of fused-ring (bicyclic) bond motifs is 1. The summed E-state index contributed by atoms with van der Waals surface area (Å²) in [6.45, 7) is 2.62. The first-order valence-corrected chi connectivity index (χ1v) is 5.17. The lowest BCUT2D eigenvalue weighted by atomic mass is 10.0. The van der Waals surface area contributed by atoms with E-state index in [2.05, 4.69) is 0 Å². The van der Waals surface area contributed by atoms with Gasteiger partial charge in [-0.1, -0.05) is 11.6 Å². The molecular weight excluding hydrogens is 200 g/mol. The first-order chi connectivity index (χ1) is 6.68. The van der Waals surface area contributed by atoms with E-state index in [0.717, 1.165) is 29.7 Å². The van der Waals surface area contributed by atoms with Crippen LogP contribution in [0.2, 0.25) is 5.02 Å². The van der Waals surface area contributed by atoms with E-state index in [1.165, 1.54) is 0 Å². The van der Waals surface area contributed by atoms with E-state index >= 15 is 0 Å². The number of hydrogen-bond donors (Lipinski definition) is 1. The lowest BCUT2D eigenvalue weighted by Crippen LogP contribution is -1.98. The fourth-order valence-electron chi connectivity index (χ4n) is 1.81. The largest absolute Gasteiger partial charge is 0.493 e. The fourth-order valence-corrected chi connectivity index (χ4v) is 2.09. The van der Waals surface area contributed by atoms with Crippen molar-refractivity contribution in [3.63, 3.8) is 0 Å². The summed E-state index contributed by atoms with van der Waals surface area (Å²) in [5.41, 5.74) is 1.82. The fraction of sp³-hybridized carbons (Fsp3) is 0.455. The molecule has 1 atom stereocenters. The molecule has 0 bridgehead atoms. The van der Waals surface area contributed by atoms with Crippen LogP contribution in [0.3, 0.4) is 0 Å². The molecular formula is C11H13ClO2. The number of hydrogen-bond acceptors (Lipinski definition) is 2. The van der Waals surface area contributed by atoms with Gasteiger partial charge >= 0.3 is 0 Å². The molecule has 0 amide bonds. The van der Waals surface area contributed by atoms with Gasteiger partial charge in [0.15, 0.2) is 0 Å². The lowest BCUT2D eigenvalue weighted by Gasteiger charge is -2.13.